The summed E-state index contributed by atoms with van der Waals surface area (Å²) in [4.78, 5) is 2.33. The Bertz CT molecular complexity index is 2280. The van der Waals surface area contributed by atoms with Crippen molar-refractivity contribution in [1.29, 1.82) is 0 Å². The van der Waals surface area contributed by atoms with Crippen LogP contribution in [0.1, 0.15) is 5.56 Å². The van der Waals surface area contributed by atoms with Crippen molar-refractivity contribution in [1.82, 2.24) is 0 Å². The average Bonchev–Trinajstić information content (AvgIpc) is 3.13. The van der Waals surface area contributed by atoms with Crippen LogP contribution >= 0.6 is 0 Å². The summed E-state index contributed by atoms with van der Waals surface area (Å²) in [6.07, 6.45) is 0. The van der Waals surface area contributed by atoms with Crippen molar-refractivity contribution in [2.45, 2.75) is 6.92 Å². The van der Waals surface area contributed by atoms with E-state index in [0.29, 0.717) is 0 Å². The lowest BCUT2D eigenvalue weighted by atomic mass is 9.97. The zero-order valence-corrected chi connectivity index (χ0v) is 25.8. The normalized spacial score (nSPS) is 11.2. The first-order valence-corrected chi connectivity index (χ1v) is 15.8. The minimum atomic E-state index is 1.12. The summed E-state index contributed by atoms with van der Waals surface area (Å²) < 4.78 is 0. The zero-order valence-electron chi connectivity index (χ0n) is 25.8. The van der Waals surface area contributed by atoms with E-state index in [9.17, 15) is 0 Å². The fraction of sp³-hybridized carbons (Fsp3) is 0.0222. The summed E-state index contributed by atoms with van der Waals surface area (Å²) in [5, 5.41) is 5.01. The van der Waals surface area contributed by atoms with Gasteiger partial charge in [0.25, 0.3) is 0 Å². The SMILES string of the molecule is Cc1ccc(N(c2ccc(-c3ccc4ccccc4c3)cc2)c2ccc(-c3ccc4ccc(-c5ccccc5)cc4c3)cc2)cc1. The lowest BCUT2D eigenvalue weighted by molar-refractivity contribution is 1.28. The highest BCUT2D eigenvalue weighted by Gasteiger charge is 2.14. The Morgan fingerprint density at radius 3 is 1.17 bits per heavy atom. The molecular formula is C45H33N. The van der Waals surface area contributed by atoms with Crippen LogP contribution in [0.3, 0.4) is 0 Å². The number of nitrogens with zero attached hydrogens (tertiary/aromatic N) is 1. The summed E-state index contributed by atoms with van der Waals surface area (Å²) in [6.45, 7) is 2.13. The second kappa shape index (κ2) is 11.9. The van der Waals surface area contributed by atoms with Crippen molar-refractivity contribution in [3.8, 4) is 33.4 Å². The van der Waals surface area contributed by atoms with E-state index in [1.54, 1.807) is 0 Å². The van der Waals surface area contributed by atoms with Crippen LogP contribution in [0.15, 0.2) is 182 Å². The molecule has 1 heteroatoms. The van der Waals surface area contributed by atoms with E-state index in [4.69, 9.17) is 0 Å². The van der Waals surface area contributed by atoms with Gasteiger partial charge in [-0.1, -0.05) is 133 Å². The molecule has 0 aromatic heterocycles. The van der Waals surface area contributed by atoms with E-state index >= 15 is 0 Å². The molecule has 0 heterocycles. The molecule has 0 atom stereocenters. The van der Waals surface area contributed by atoms with Gasteiger partial charge in [-0.3, -0.25) is 0 Å². The second-order valence-electron chi connectivity index (χ2n) is 12.0. The molecule has 218 valence electrons. The first-order valence-electron chi connectivity index (χ1n) is 15.8. The Balaban J connectivity index is 1.13. The maximum atomic E-state index is 2.33. The smallest absolute Gasteiger partial charge is 0.0462 e. The van der Waals surface area contributed by atoms with Gasteiger partial charge in [-0.2, -0.15) is 0 Å². The predicted molar refractivity (Wildman–Crippen MR) is 197 cm³/mol. The number of aryl methyl sites for hydroxylation is 1. The van der Waals surface area contributed by atoms with Crippen LogP contribution in [0.2, 0.25) is 0 Å². The van der Waals surface area contributed by atoms with Crippen molar-refractivity contribution in [3.05, 3.63) is 188 Å². The molecule has 0 bridgehead atoms. The van der Waals surface area contributed by atoms with Gasteiger partial charge in [-0.25, -0.2) is 0 Å². The largest absolute Gasteiger partial charge is 0.311 e. The summed E-state index contributed by atoms with van der Waals surface area (Å²) >= 11 is 0. The summed E-state index contributed by atoms with van der Waals surface area (Å²) in [6, 6.07) is 65.9. The molecule has 8 rings (SSSR count). The third kappa shape index (κ3) is 5.44. The number of rotatable bonds is 6. The van der Waals surface area contributed by atoms with Gasteiger partial charge in [0.1, 0.15) is 0 Å². The topological polar surface area (TPSA) is 3.24 Å². The molecular weight excluding hydrogens is 555 g/mol. The summed E-state index contributed by atoms with van der Waals surface area (Å²) in [7, 11) is 0. The second-order valence-corrected chi connectivity index (χ2v) is 12.0. The number of fused-ring (bicyclic) bond motifs is 2. The highest BCUT2D eigenvalue weighted by atomic mass is 15.1. The number of hydrogen-bond donors (Lipinski definition) is 0. The van der Waals surface area contributed by atoms with Crippen molar-refractivity contribution in [2.75, 3.05) is 4.90 Å². The van der Waals surface area contributed by atoms with E-state index in [0.717, 1.165) is 17.1 Å². The van der Waals surface area contributed by atoms with Gasteiger partial charge in [0.15, 0.2) is 0 Å². The lowest BCUT2D eigenvalue weighted by Gasteiger charge is -2.26. The highest BCUT2D eigenvalue weighted by molar-refractivity contribution is 5.91. The molecule has 1 nitrogen and oxygen atoms in total. The van der Waals surface area contributed by atoms with Gasteiger partial charge in [-0.15, -0.1) is 0 Å². The summed E-state index contributed by atoms with van der Waals surface area (Å²) in [5.41, 5.74) is 12.0. The fourth-order valence-corrected chi connectivity index (χ4v) is 6.35. The quantitative estimate of drug-likeness (QED) is 0.187. The molecule has 0 unspecified atom stereocenters. The monoisotopic (exact) mass is 587 g/mol. The Morgan fingerprint density at radius 1 is 0.283 bits per heavy atom. The lowest BCUT2D eigenvalue weighted by Crippen LogP contribution is -2.09. The number of benzene rings is 8. The van der Waals surface area contributed by atoms with Gasteiger partial charge in [0.05, 0.1) is 0 Å². The van der Waals surface area contributed by atoms with E-state index in [2.05, 4.69) is 194 Å². The van der Waals surface area contributed by atoms with Crippen molar-refractivity contribution in [3.63, 3.8) is 0 Å². The van der Waals surface area contributed by atoms with Crippen LogP contribution in [0, 0.1) is 6.92 Å². The number of hydrogen-bond acceptors (Lipinski definition) is 1. The van der Waals surface area contributed by atoms with Crippen LogP contribution < -0.4 is 4.90 Å². The molecule has 8 aromatic carbocycles. The van der Waals surface area contributed by atoms with Crippen LogP contribution in [0.5, 0.6) is 0 Å². The maximum Gasteiger partial charge on any atom is 0.0462 e. The predicted octanol–water partition coefficient (Wildman–Crippen LogP) is 12.8. The molecule has 0 N–H and O–H groups in total. The van der Waals surface area contributed by atoms with Crippen LogP contribution in [0.4, 0.5) is 17.1 Å². The molecule has 8 aromatic rings. The van der Waals surface area contributed by atoms with Crippen LogP contribution in [0.25, 0.3) is 54.9 Å². The van der Waals surface area contributed by atoms with E-state index in [-0.39, 0.29) is 0 Å². The maximum absolute atomic E-state index is 2.33. The van der Waals surface area contributed by atoms with Gasteiger partial charge in [-0.05, 0) is 116 Å². The molecule has 0 aliphatic heterocycles. The molecule has 0 radical (unpaired) electrons. The van der Waals surface area contributed by atoms with E-state index in [1.807, 2.05) is 0 Å². The highest BCUT2D eigenvalue weighted by Crippen LogP contribution is 2.37. The van der Waals surface area contributed by atoms with Crippen LogP contribution in [-0.2, 0) is 0 Å². The van der Waals surface area contributed by atoms with Crippen molar-refractivity contribution in [2.24, 2.45) is 0 Å². The molecule has 0 fully saturated rings. The minimum Gasteiger partial charge on any atom is -0.311 e. The van der Waals surface area contributed by atoms with Gasteiger partial charge in [0, 0.05) is 17.1 Å². The fourth-order valence-electron chi connectivity index (χ4n) is 6.35. The number of anilines is 3. The molecule has 0 aliphatic carbocycles. The molecule has 0 spiro atoms. The average molecular weight is 588 g/mol. The van der Waals surface area contributed by atoms with E-state index < -0.39 is 0 Å². The Hall–Kier alpha value is -5.92. The minimum absolute atomic E-state index is 1.12. The standard InChI is InChI=1S/C45H33N/c1-32-11-23-43(24-12-32)46(44-25-19-35(20-26-44)39-16-13-34-9-5-6-10-38(34)29-39)45-27-21-36(22-28-45)41-18-15-37-14-17-40(30-42(37)31-41)33-7-3-2-4-8-33/h2-31H,1H3. The molecule has 46 heavy (non-hydrogen) atoms. The third-order valence-corrected chi connectivity index (χ3v) is 8.91. The molecule has 0 amide bonds. The van der Waals surface area contributed by atoms with Crippen molar-refractivity contribution < 1.29 is 0 Å². The van der Waals surface area contributed by atoms with Gasteiger partial charge >= 0.3 is 0 Å². The molecule has 0 saturated carbocycles. The van der Waals surface area contributed by atoms with Crippen molar-refractivity contribution >= 4 is 38.6 Å². The van der Waals surface area contributed by atoms with Crippen LogP contribution in [-0.4, -0.2) is 0 Å². The summed E-state index contributed by atoms with van der Waals surface area (Å²) in [5.74, 6) is 0. The molecule has 0 saturated heterocycles. The third-order valence-electron chi connectivity index (χ3n) is 8.91. The first kappa shape index (κ1) is 27.6. The van der Waals surface area contributed by atoms with Gasteiger partial charge < -0.3 is 4.90 Å². The molecule has 0 aliphatic rings. The Kier molecular flexibility index (Phi) is 7.13. The zero-order chi connectivity index (χ0) is 30.9. The first-order chi connectivity index (χ1) is 22.7. The Labute approximate surface area is 270 Å². The van der Waals surface area contributed by atoms with Gasteiger partial charge in [0.2, 0.25) is 0 Å². The Morgan fingerprint density at radius 2 is 0.652 bits per heavy atom. The van der Waals surface area contributed by atoms with E-state index in [1.165, 1.54) is 60.5 Å².